The molecule has 0 amide bonds. The minimum absolute atomic E-state index is 0.0349. The van der Waals surface area contributed by atoms with E-state index >= 15 is 0 Å². The Balaban J connectivity index is 1.80. The summed E-state index contributed by atoms with van der Waals surface area (Å²) < 4.78 is 16.8. The fourth-order valence-electron chi connectivity index (χ4n) is 3.69. The highest BCUT2D eigenvalue weighted by Crippen LogP contribution is 2.57. The molecule has 0 radical (unpaired) electrons. The van der Waals surface area contributed by atoms with Crippen LogP contribution in [-0.4, -0.2) is 35.4 Å². The molecule has 3 saturated heterocycles. The average molecular weight is 250 g/mol. The van der Waals surface area contributed by atoms with Gasteiger partial charge in [-0.05, 0) is 18.9 Å². The smallest absolute Gasteiger partial charge is 0.337 e. The Morgan fingerprint density at radius 1 is 1.50 bits per heavy atom. The molecule has 18 heavy (non-hydrogen) atoms. The molecule has 96 valence electrons. The molecule has 5 nitrogen and oxygen atoms in total. The number of carbonyl (C=O) groups is 1. The van der Waals surface area contributed by atoms with Crippen molar-refractivity contribution in [2.45, 2.75) is 37.6 Å². The van der Waals surface area contributed by atoms with Gasteiger partial charge >= 0.3 is 5.97 Å². The first-order valence-electron chi connectivity index (χ1n) is 6.23. The molecule has 1 aliphatic carbocycles. The van der Waals surface area contributed by atoms with E-state index < -0.39 is 24.3 Å². The van der Waals surface area contributed by atoms with Crippen molar-refractivity contribution in [1.82, 2.24) is 0 Å². The van der Waals surface area contributed by atoms with Crippen LogP contribution in [0.5, 0.6) is 0 Å². The van der Waals surface area contributed by atoms with Gasteiger partial charge in [0, 0.05) is 6.42 Å². The lowest BCUT2D eigenvalue weighted by atomic mass is 9.80. The Hall–Kier alpha value is -1.17. The van der Waals surface area contributed by atoms with Crippen molar-refractivity contribution in [3.8, 4) is 0 Å². The average Bonchev–Trinajstić information content (AvgIpc) is 2.89. The van der Waals surface area contributed by atoms with Crippen molar-refractivity contribution < 1.29 is 24.1 Å². The standard InChI is InChI=1S/C13H14O5/c1-2-7-10-13(18-11(7)15)4-3-6-5-8(14)16-12(17-10)9(6)13/h2-4,6,8-10,12,14H,5H2,1H3/b7-2+/t6-,8-,9+,10+,12+,13?/m0/s1. The van der Waals surface area contributed by atoms with Gasteiger partial charge in [0.1, 0.15) is 6.10 Å². The first kappa shape index (κ1) is 10.7. The number of rotatable bonds is 0. The van der Waals surface area contributed by atoms with Crippen LogP contribution in [-0.2, 0) is 19.0 Å². The van der Waals surface area contributed by atoms with E-state index in [1.807, 2.05) is 12.2 Å². The van der Waals surface area contributed by atoms with Gasteiger partial charge in [-0.15, -0.1) is 0 Å². The second-order valence-electron chi connectivity index (χ2n) is 5.25. The van der Waals surface area contributed by atoms with Gasteiger partial charge in [-0.1, -0.05) is 12.2 Å². The molecule has 0 aromatic rings. The van der Waals surface area contributed by atoms with E-state index in [0.717, 1.165) is 0 Å². The molecule has 1 spiro atoms. The molecule has 4 rings (SSSR count). The van der Waals surface area contributed by atoms with Crippen molar-refractivity contribution in [1.29, 1.82) is 0 Å². The molecule has 1 unspecified atom stereocenters. The third kappa shape index (κ3) is 1.06. The zero-order chi connectivity index (χ0) is 12.5. The summed E-state index contributed by atoms with van der Waals surface area (Å²) >= 11 is 0. The molecule has 0 bridgehead atoms. The number of esters is 1. The van der Waals surface area contributed by atoms with Crippen LogP contribution in [0.25, 0.3) is 0 Å². The number of allylic oxidation sites excluding steroid dienone is 2. The highest BCUT2D eigenvalue weighted by Gasteiger charge is 2.69. The zero-order valence-corrected chi connectivity index (χ0v) is 9.91. The molecule has 0 aromatic heterocycles. The predicted molar refractivity (Wildman–Crippen MR) is 59.1 cm³/mol. The topological polar surface area (TPSA) is 65.0 Å². The van der Waals surface area contributed by atoms with E-state index in [0.29, 0.717) is 12.0 Å². The van der Waals surface area contributed by atoms with Crippen LogP contribution < -0.4 is 0 Å². The Labute approximate surface area is 104 Å². The first-order valence-corrected chi connectivity index (χ1v) is 6.23. The highest BCUT2D eigenvalue weighted by molar-refractivity contribution is 5.93. The second-order valence-corrected chi connectivity index (χ2v) is 5.25. The van der Waals surface area contributed by atoms with Crippen molar-refractivity contribution in [3.05, 3.63) is 23.8 Å². The Bertz CT molecular complexity index is 482. The number of aliphatic hydroxyl groups excluding tert-OH is 1. The molecule has 3 aliphatic heterocycles. The van der Waals surface area contributed by atoms with Crippen molar-refractivity contribution in [2.75, 3.05) is 0 Å². The van der Waals surface area contributed by atoms with Gasteiger partial charge in [0.25, 0.3) is 0 Å². The van der Waals surface area contributed by atoms with Crippen LogP contribution in [0.3, 0.4) is 0 Å². The molecule has 3 fully saturated rings. The van der Waals surface area contributed by atoms with Crippen LogP contribution >= 0.6 is 0 Å². The fraction of sp³-hybridized carbons (Fsp3) is 0.615. The van der Waals surface area contributed by atoms with Gasteiger partial charge in [0.2, 0.25) is 0 Å². The summed E-state index contributed by atoms with van der Waals surface area (Å²) in [6.07, 6.45) is 4.49. The molecule has 0 aromatic carbocycles. The SMILES string of the molecule is C/C=C1/C(=O)OC23C=C[C@H]4C[C@@H](O)O[C@H](O[C@H]12)[C@@H]43. The third-order valence-corrected chi connectivity index (χ3v) is 4.42. The summed E-state index contributed by atoms with van der Waals surface area (Å²) in [7, 11) is 0. The molecule has 4 aliphatic rings. The summed E-state index contributed by atoms with van der Waals surface area (Å²) in [5.41, 5.74) is -0.165. The molecule has 1 N–H and O–H groups in total. The van der Waals surface area contributed by atoms with Gasteiger partial charge in [-0.2, -0.15) is 0 Å². The van der Waals surface area contributed by atoms with Crippen LogP contribution in [0.4, 0.5) is 0 Å². The maximum absolute atomic E-state index is 11.8. The summed E-state index contributed by atoms with van der Waals surface area (Å²) in [5.74, 6) is -0.197. The maximum atomic E-state index is 11.8. The van der Waals surface area contributed by atoms with Crippen LogP contribution in [0.2, 0.25) is 0 Å². The quantitative estimate of drug-likeness (QED) is 0.385. The van der Waals surface area contributed by atoms with Gasteiger partial charge in [0.05, 0.1) is 11.5 Å². The van der Waals surface area contributed by atoms with E-state index in [4.69, 9.17) is 14.2 Å². The van der Waals surface area contributed by atoms with Gasteiger partial charge in [-0.3, -0.25) is 0 Å². The van der Waals surface area contributed by atoms with E-state index in [9.17, 15) is 9.90 Å². The van der Waals surface area contributed by atoms with Crippen molar-refractivity contribution in [2.24, 2.45) is 11.8 Å². The lowest BCUT2D eigenvalue weighted by molar-refractivity contribution is -0.263. The number of ether oxygens (including phenoxy) is 3. The van der Waals surface area contributed by atoms with Crippen LogP contribution in [0.15, 0.2) is 23.8 Å². The van der Waals surface area contributed by atoms with Crippen molar-refractivity contribution in [3.63, 3.8) is 0 Å². The maximum Gasteiger partial charge on any atom is 0.337 e. The number of hydrogen-bond donors (Lipinski definition) is 1. The minimum Gasteiger partial charge on any atom is -0.448 e. The van der Waals surface area contributed by atoms with E-state index in [1.165, 1.54) is 0 Å². The fourth-order valence-corrected chi connectivity index (χ4v) is 3.69. The Kier molecular flexibility index (Phi) is 1.92. The van der Waals surface area contributed by atoms with Crippen LogP contribution in [0.1, 0.15) is 13.3 Å². The summed E-state index contributed by atoms with van der Waals surface area (Å²) in [5, 5.41) is 9.65. The summed E-state index contributed by atoms with van der Waals surface area (Å²) in [6.45, 7) is 1.80. The van der Waals surface area contributed by atoms with Crippen LogP contribution in [0, 0.1) is 11.8 Å². The molecular formula is C13H14O5. The third-order valence-electron chi connectivity index (χ3n) is 4.42. The Morgan fingerprint density at radius 3 is 3.11 bits per heavy atom. The van der Waals surface area contributed by atoms with Gasteiger partial charge < -0.3 is 19.3 Å². The molecule has 0 saturated carbocycles. The van der Waals surface area contributed by atoms with Gasteiger partial charge in [-0.25, -0.2) is 4.79 Å². The molecule has 6 atom stereocenters. The van der Waals surface area contributed by atoms with Crippen molar-refractivity contribution >= 4 is 5.97 Å². The summed E-state index contributed by atoms with van der Waals surface area (Å²) in [6, 6.07) is 0. The number of aliphatic hydroxyl groups is 1. The first-order chi connectivity index (χ1) is 8.65. The monoisotopic (exact) mass is 250 g/mol. The lowest BCUT2D eigenvalue weighted by Crippen LogP contribution is -2.45. The minimum atomic E-state index is -0.806. The second kappa shape index (κ2) is 3.23. The molecule has 3 heterocycles. The zero-order valence-electron chi connectivity index (χ0n) is 9.91. The lowest BCUT2D eigenvalue weighted by Gasteiger charge is -2.35. The molecule has 5 heteroatoms. The number of hydrogen-bond acceptors (Lipinski definition) is 5. The van der Waals surface area contributed by atoms with E-state index in [2.05, 4.69) is 0 Å². The predicted octanol–water partition coefficient (Wildman–Crippen LogP) is 0.494. The number of carbonyl (C=O) groups excluding carboxylic acids is 1. The van der Waals surface area contributed by atoms with E-state index in [1.54, 1.807) is 13.0 Å². The highest BCUT2D eigenvalue weighted by atomic mass is 16.8. The molecular weight excluding hydrogens is 236 g/mol. The normalized spacial score (nSPS) is 54.7. The van der Waals surface area contributed by atoms with Gasteiger partial charge in [0.15, 0.2) is 18.2 Å². The summed E-state index contributed by atoms with van der Waals surface area (Å²) in [4.78, 5) is 11.8. The largest absolute Gasteiger partial charge is 0.448 e. The Morgan fingerprint density at radius 2 is 2.33 bits per heavy atom. The van der Waals surface area contributed by atoms with E-state index in [-0.39, 0.29) is 17.8 Å².